The van der Waals surface area contributed by atoms with Crippen molar-refractivity contribution in [2.75, 3.05) is 12.5 Å². The second kappa shape index (κ2) is 6.26. The molecule has 1 N–H and O–H groups in total. The van der Waals surface area contributed by atoms with Gasteiger partial charge in [-0.3, -0.25) is 19.7 Å². The summed E-state index contributed by atoms with van der Waals surface area (Å²) in [4.78, 5) is 23.0. The first kappa shape index (κ1) is 14.8. The highest BCUT2D eigenvalue weighted by Crippen LogP contribution is 2.13. The Balaban J connectivity index is 2.07. The van der Waals surface area contributed by atoms with Gasteiger partial charge in [0.25, 0.3) is 0 Å². The molecule has 2 aromatic rings. The molecule has 5 heteroatoms. The van der Waals surface area contributed by atoms with Crippen molar-refractivity contribution >= 4 is 12.2 Å². The molecule has 0 bridgehead atoms. The highest BCUT2D eigenvalue weighted by Gasteiger charge is 2.11. The minimum atomic E-state index is -0.139. The van der Waals surface area contributed by atoms with Gasteiger partial charge < -0.3 is 4.74 Å². The zero-order valence-electron chi connectivity index (χ0n) is 12.3. The summed E-state index contributed by atoms with van der Waals surface area (Å²) in [5, 5.41) is 0. The predicted molar refractivity (Wildman–Crippen MR) is 80.4 cm³/mol. The van der Waals surface area contributed by atoms with Crippen LogP contribution in [0.3, 0.4) is 0 Å². The Bertz CT molecular complexity index is 657. The molecule has 0 spiro atoms. The van der Waals surface area contributed by atoms with E-state index in [1.807, 2.05) is 31.2 Å². The average Bonchev–Trinajstić information content (AvgIpc) is 2.75. The Hall–Kier alpha value is -2.56. The number of hydrogen-bond acceptors (Lipinski definition) is 3. The number of methoxy groups -OCH3 is 1. The molecule has 0 radical (unpaired) electrons. The zero-order valence-corrected chi connectivity index (χ0v) is 12.3. The van der Waals surface area contributed by atoms with Gasteiger partial charge in [-0.15, -0.1) is 0 Å². The van der Waals surface area contributed by atoms with Gasteiger partial charge in [-0.2, -0.15) is 0 Å². The molecule has 0 atom stereocenters. The second-order valence-electron chi connectivity index (χ2n) is 4.84. The van der Waals surface area contributed by atoms with Crippen LogP contribution in [0.25, 0.3) is 0 Å². The predicted octanol–water partition coefficient (Wildman–Crippen LogP) is 2.24. The molecule has 1 amide bonds. The first-order valence-corrected chi connectivity index (χ1v) is 6.62. The minimum Gasteiger partial charge on any atom is -0.497 e. The molecule has 1 aromatic heterocycles. The number of aldehydes is 1. The molecule has 0 saturated carbocycles. The van der Waals surface area contributed by atoms with Gasteiger partial charge in [0.1, 0.15) is 5.75 Å². The molecule has 21 heavy (non-hydrogen) atoms. The molecule has 5 nitrogen and oxygen atoms in total. The van der Waals surface area contributed by atoms with Crippen LogP contribution in [0.4, 0.5) is 0 Å². The largest absolute Gasteiger partial charge is 0.497 e. The third kappa shape index (κ3) is 3.31. The van der Waals surface area contributed by atoms with Crippen LogP contribution in [0.1, 0.15) is 27.3 Å². The monoisotopic (exact) mass is 286 g/mol. The van der Waals surface area contributed by atoms with Crippen LogP contribution in [0, 0.1) is 13.8 Å². The first-order chi connectivity index (χ1) is 10.0. The van der Waals surface area contributed by atoms with Gasteiger partial charge in [0.2, 0.25) is 5.91 Å². The quantitative estimate of drug-likeness (QED) is 0.857. The summed E-state index contributed by atoms with van der Waals surface area (Å²) in [7, 11) is 1.60. The fraction of sp³-hybridized carbons (Fsp3) is 0.250. The number of rotatable bonds is 5. The summed E-state index contributed by atoms with van der Waals surface area (Å²) in [6, 6.07) is 9.09. The normalized spacial score (nSPS) is 10.2. The first-order valence-electron chi connectivity index (χ1n) is 6.62. The Labute approximate surface area is 123 Å². The molecule has 1 heterocycles. The number of benzene rings is 1. The van der Waals surface area contributed by atoms with Crippen LogP contribution < -0.4 is 10.2 Å². The van der Waals surface area contributed by atoms with Crippen molar-refractivity contribution in [3.63, 3.8) is 0 Å². The number of ether oxygens (including phenoxy) is 1. The summed E-state index contributed by atoms with van der Waals surface area (Å²) < 4.78 is 6.71. The molecular formula is C16H18N2O3. The fourth-order valence-electron chi connectivity index (χ4n) is 2.17. The zero-order chi connectivity index (χ0) is 15.4. The molecule has 110 valence electrons. The lowest BCUT2D eigenvalue weighted by Crippen LogP contribution is -2.26. The molecule has 0 saturated heterocycles. The van der Waals surface area contributed by atoms with Crippen LogP contribution in [-0.2, 0) is 11.2 Å². The Morgan fingerprint density at radius 1 is 1.29 bits per heavy atom. The van der Waals surface area contributed by atoms with Crippen LogP contribution in [-0.4, -0.2) is 24.0 Å². The highest BCUT2D eigenvalue weighted by molar-refractivity contribution is 5.86. The van der Waals surface area contributed by atoms with Crippen LogP contribution >= 0.6 is 0 Å². The number of aromatic nitrogens is 1. The summed E-state index contributed by atoms with van der Waals surface area (Å²) in [6.45, 7) is 3.64. The maximum absolute atomic E-state index is 12.1. The average molecular weight is 286 g/mol. The second-order valence-corrected chi connectivity index (χ2v) is 4.84. The molecular weight excluding hydrogens is 268 g/mol. The van der Waals surface area contributed by atoms with E-state index < -0.39 is 0 Å². The third-order valence-corrected chi connectivity index (χ3v) is 3.36. The number of carbonyl (C=O) groups excluding carboxylic acids is 2. The highest BCUT2D eigenvalue weighted by atomic mass is 16.5. The number of amides is 1. The fourth-order valence-corrected chi connectivity index (χ4v) is 2.17. The SMILES string of the molecule is COc1ccc(CC(=O)Nn2c(C)cc(C=O)c2C)cc1. The smallest absolute Gasteiger partial charge is 0.243 e. The summed E-state index contributed by atoms with van der Waals surface area (Å²) in [5.74, 6) is 0.617. The van der Waals surface area contributed by atoms with Gasteiger partial charge in [0.05, 0.1) is 13.5 Å². The lowest BCUT2D eigenvalue weighted by Gasteiger charge is -2.11. The van der Waals surface area contributed by atoms with Gasteiger partial charge in [0.15, 0.2) is 6.29 Å². The topological polar surface area (TPSA) is 60.3 Å². The van der Waals surface area contributed by atoms with E-state index in [-0.39, 0.29) is 12.3 Å². The molecule has 1 aromatic carbocycles. The standard InChI is InChI=1S/C16H18N2O3/c1-11-8-14(10-19)12(2)18(11)17-16(20)9-13-4-6-15(21-3)7-5-13/h4-8,10H,9H2,1-3H3,(H,17,20). The summed E-state index contributed by atoms with van der Waals surface area (Å²) in [6.07, 6.45) is 1.05. The number of nitrogens with zero attached hydrogens (tertiary/aromatic N) is 1. The number of carbonyl (C=O) groups is 2. The van der Waals surface area contributed by atoms with Gasteiger partial charge in [0, 0.05) is 17.0 Å². The third-order valence-electron chi connectivity index (χ3n) is 3.36. The molecule has 0 aliphatic carbocycles. The Kier molecular flexibility index (Phi) is 4.42. The van der Waals surface area contributed by atoms with E-state index in [2.05, 4.69) is 5.43 Å². The van der Waals surface area contributed by atoms with Crippen molar-refractivity contribution in [3.05, 3.63) is 52.8 Å². The Morgan fingerprint density at radius 3 is 2.48 bits per heavy atom. The van der Waals surface area contributed by atoms with Crippen LogP contribution in [0.2, 0.25) is 0 Å². The molecule has 0 unspecified atom stereocenters. The van der Waals surface area contributed by atoms with Crippen molar-refractivity contribution < 1.29 is 14.3 Å². The molecule has 0 aliphatic rings. The van der Waals surface area contributed by atoms with E-state index in [1.54, 1.807) is 24.8 Å². The number of aryl methyl sites for hydroxylation is 1. The number of hydrogen-bond donors (Lipinski definition) is 1. The van der Waals surface area contributed by atoms with E-state index in [9.17, 15) is 9.59 Å². The maximum Gasteiger partial charge on any atom is 0.243 e. The van der Waals surface area contributed by atoms with E-state index in [4.69, 9.17) is 4.74 Å². The molecule has 2 rings (SSSR count). The molecule has 0 fully saturated rings. The van der Waals surface area contributed by atoms with E-state index in [0.29, 0.717) is 5.56 Å². The van der Waals surface area contributed by atoms with Gasteiger partial charge in [-0.1, -0.05) is 12.1 Å². The van der Waals surface area contributed by atoms with Crippen LogP contribution in [0.15, 0.2) is 30.3 Å². The van der Waals surface area contributed by atoms with Gasteiger partial charge in [-0.05, 0) is 37.6 Å². The lowest BCUT2D eigenvalue weighted by molar-refractivity contribution is -0.116. The van der Waals surface area contributed by atoms with Crippen molar-refractivity contribution in [2.24, 2.45) is 0 Å². The minimum absolute atomic E-state index is 0.139. The van der Waals surface area contributed by atoms with Crippen molar-refractivity contribution in [1.29, 1.82) is 0 Å². The van der Waals surface area contributed by atoms with Crippen molar-refractivity contribution in [1.82, 2.24) is 4.68 Å². The van der Waals surface area contributed by atoms with Gasteiger partial charge >= 0.3 is 0 Å². The van der Waals surface area contributed by atoms with Crippen molar-refractivity contribution in [2.45, 2.75) is 20.3 Å². The van der Waals surface area contributed by atoms with E-state index in [0.717, 1.165) is 29.0 Å². The van der Waals surface area contributed by atoms with E-state index in [1.165, 1.54) is 0 Å². The maximum atomic E-state index is 12.1. The number of nitrogens with one attached hydrogen (secondary N) is 1. The lowest BCUT2D eigenvalue weighted by atomic mass is 10.1. The van der Waals surface area contributed by atoms with Crippen molar-refractivity contribution in [3.8, 4) is 5.75 Å². The van der Waals surface area contributed by atoms with E-state index >= 15 is 0 Å². The van der Waals surface area contributed by atoms with Gasteiger partial charge in [-0.25, -0.2) is 0 Å². The molecule has 0 aliphatic heterocycles. The van der Waals surface area contributed by atoms with Crippen LogP contribution in [0.5, 0.6) is 5.75 Å². The summed E-state index contributed by atoms with van der Waals surface area (Å²) >= 11 is 0. The Morgan fingerprint density at radius 2 is 1.95 bits per heavy atom. The summed E-state index contributed by atoms with van der Waals surface area (Å²) in [5.41, 5.74) is 5.82.